The van der Waals surface area contributed by atoms with Crippen LogP contribution in [-0.4, -0.2) is 60.8 Å². The van der Waals surface area contributed by atoms with Crippen molar-refractivity contribution in [2.24, 2.45) is 4.99 Å². The van der Waals surface area contributed by atoms with E-state index in [0.717, 1.165) is 90.8 Å². The van der Waals surface area contributed by atoms with Crippen LogP contribution in [0.1, 0.15) is 12.6 Å². The van der Waals surface area contributed by atoms with E-state index in [2.05, 4.69) is 210 Å². The second kappa shape index (κ2) is 33.2. The van der Waals surface area contributed by atoms with Gasteiger partial charge in [0.1, 0.15) is 23.3 Å². The van der Waals surface area contributed by atoms with Crippen LogP contribution >= 0.6 is 0 Å². The second-order valence-corrected chi connectivity index (χ2v) is 22.2. The van der Waals surface area contributed by atoms with Crippen LogP contribution < -0.4 is 143 Å². The van der Waals surface area contributed by atoms with E-state index in [0.29, 0.717) is 34.4 Å². The van der Waals surface area contributed by atoms with Crippen LogP contribution in [0.4, 0.5) is 14.5 Å². The number of carbonyl (C=O) groups is 1. The Morgan fingerprint density at radius 3 is 1.08 bits per heavy atom. The maximum absolute atomic E-state index is 14.3. The fourth-order valence-corrected chi connectivity index (χ4v) is 11.9. The minimum Gasteiger partial charge on any atom is -1.00 e. The number of hydrogen-bond acceptors (Lipinski definition) is 10. The molecule has 0 spiro atoms. The van der Waals surface area contributed by atoms with Crippen molar-refractivity contribution in [1.29, 1.82) is 0 Å². The van der Waals surface area contributed by atoms with Crippen molar-refractivity contribution in [3.05, 3.63) is 344 Å². The van der Waals surface area contributed by atoms with Crippen LogP contribution in [0, 0.1) is 11.6 Å². The summed E-state index contributed by atoms with van der Waals surface area (Å²) in [4.78, 5) is 26.2. The molecule has 4 aromatic heterocycles. The summed E-state index contributed by atoms with van der Waals surface area (Å²) < 4.78 is 36.9. The number of carbonyl (C=O) groups excluding carboxylic acids is 1. The number of para-hydroxylation sites is 9. The number of benzene rings is 12. The maximum atomic E-state index is 14.3. The molecule has 0 unspecified atom stereocenters. The summed E-state index contributed by atoms with van der Waals surface area (Å²) in [6.07, 6.45) is 0.959. The van der Waals surface area contributed by atoms with Crippen molar-refractivity contribution in [3.63, 3.8) is 0 Å². The monoisotopic (exact) mass is 1540 g/mol. The molecule has 0 aliphatic carbocycles. The Balaban J connectivity index is 0.000000176. The summed E-state index contributed by atoms with van der Waals surface area (Å²) >= 11 is 0. The number of rotatable bonds is 12. The normalized spacial score (nSPS) is 11.1. The molecule has 1 aliphatic rings. The zero-order valence-corrected chi connectivity index (χ0v) is 66.3. The van der Waals surface area contributed by atoms with Gasteiger partial charge in [-0.1, -0.05) is 218 Å². The van der Waals surface area contributed by atoms with E-state index in [1.165, 1.54) is 29.0 Å². The molecule has 0 saturated heterocycles. The summed E-state index contributed by atoms with van der Waals surface area (Å²) in [5.41, 5.74) is 16.8. The molecule has 470 valence electrons. The first-order valence-corrected chi connectivity index (χ1v) is 31.1. The van der Waals surface area contributed by atoms with Gasteiger partial charge >= 0.3 is 138 Å². The van der Waals surface area contributed by atoms with Crippen LogP contribution in [0.25, 0.3) is 113 Å². The van der Waals surface area contributed by atoms with E-state index < -0.39 is 11.6 Å². The molecule has 0 radical (unpaired) electrons. The predicted octanol–water partition coefficient (Wildman–Crippen LogP) is 11.4. The third kappa shape index (κ3) is 15.1. The summed E-state index contributed by atoms with van der Waals surface area (Å²) in [5, 5.41) is 26.7. The van der Waals surface area contributed by atoms with Gasteiger partial charge in [0.15, 0.2) is 23.3 Å². The number of aliphatic imine (C=N–C) groups is 1. The molecule has 99 heavy (non-hydrogen) atoms. The standard InChI is InChI=1S/C46H31N7.C20H13F2N3.C14H11N.CH2O3.2Cs.H/c1-4-18-32(19-5-1)43-47-37-26-12-16-30-41(37)52(43)39-28-14-10-24-35(39)45-49-50-46(51(45)34-22-8-3-9-23-34)36-25-11-15-29-40(36)53-42-31-17-13-27-38(42)48-44(53)33-20-6-2-7-21-33;21-17-12-6-4-10-15(17)19-23-24-20(16-11-5-7-13-18(16)22)25(19)14-8-2-1-3-9-14;1-2-6-11(7-3-1)14-10-12-8-4-5-9-13(12)15-14;2-1-4-3;;;/h1-31H;1-13H;1-9H,10H2;1,3H;;;/q;;;;2*+1;-1/p-1. The molecule has 16 aromatic rings. The van der Waals surface area contributed by atoms with Gasteiger partial charge in [0.2, 0.25) is 0 Å². The molecule has 0 amide bonds. The Morgan fingerprint density at radius 1 is 0.354 bits per heavy atom. The quantitative estimate of drug-likeness (QED) is 0.0659. The Hall–Kier alpha value is -9.08. The zero-order chi connectivity index (χ0) is 65.9. The van der Waals surface area contributed by atoms with E-state index in [1.54, 1.807) is 41.0 Å². The number of halogens is 2. The molecule has 0 atom stereocenters. The Morgan fingerprint density at radius 2 is 0.677 bits per heavy atom. The largest absolute Gasteiger partial charge is 1.00 e. The van der Waals surface area contributed by atoms with Crippen LogP contribution in [0.2, 0.25) is 0 Å². The van der Waals surface area contributed by atoms with Gasteiger partial charge in [-0.15, -0.1) is 20.4 Å². The molecular weight excluding hydrogens is 1480 g/mol. The summed E-state index contributed by atoms with van der Waals surface area (Å²) in [7, 11) is 0. The number of fused-ring (bicyclic) bond motifs is 3. The Bertz CT molecular complexity index is 5210. The first-order valence-electron chi connectivity index (χ1n) is 31.1. The van der Waals surface area contributed by atoms with Gasteiger partial charge < -0.3 is 11.6 Å². The summed E-state index contributed by atoms with van der Waals surface area (Å²) in [5.74, 6) is 2.97. The van der Waals surface area contributed by atoms with Crippen LogP contribution in [0.15, 0.2) is 327 Å². The average Bonchev–Trinajstić information content (AvgIpc) is 1.57. The molecule has 0 N–H and O–H groups in total. The van der Waals surface area contributed by atoms with Crippen LogP contribution in [0.3, 0.4) is 0 Å². The number of hydrogen-bond donors (Lipinski definition) is 0. The third-order valence-corrected chi connectivity index (χ3v) is 16.3. The van der Waals surface area contributed by atoms with Crippen molar-refractivity contribution >= 4 is 39.9 Å². The van der Waals surface area contributed by atoms with E-state index in [1.807, 2.05) is 97.1 Å². The van der Waals surface area contributed by atoms with Crippen LogP contribution in [0.5, 0.6) is 0 Å². The summed E-state index contributed by atoms with van der Waals surface area (Å²) in [6.45, 7) is -0.181. The fraction of sp³-hybridized carbons (Fsp3) is 0.0123. The second-order valence-electron chi connectivity index (χ2n) is 22.2. The maximum Gasteiger partial charge on any atom is 1.00 e. The van der Waals surface area contributed by atoms with Crippen molar-refractivity contribution < 1.29 is 163 Å². The molecule has 1 aliphatic heterocycles. The number of imidazole rings is 2. The van der Waals surface area contributed by atoms with E-state index in [4.69, 9.17) is 30.2 Å². The molecule has 17 rings (SSSR count). The smallest absolute Gasteiger partial charge is 1.00 e. The van der Waals surface area contributed by atoms with Crippen LogP contribution in [-0.2, 0) is 16.1 Å². The molecule has 0 saturated carbocycles. The summed E-state index contributed by atoms with van der Waals surface area (Å²) in [6, 6.07) is 105. The van der Waals surface area contributed by atoms with Gasteiger partial charge in [-0.2, -0.15) is 0 Å². The Kier molecular flexibility index (Phi) is 23.4. The minimum atomic E-state index is -0.410. The molecule has 14 nitrogen and oxygen atoms in total. The molecular formula is C81H57Cs2F2N11O3. The van der Waals surface area contributed by atoms with Gasteiger partial charge in [-0.3, -0.25) is 28.1 Å². The first-order chi connectivity index (χ1) is 47.9. The number of nitrogens with zero attached hydrogens (tertiary/aromatic N) is 11. The molecule has 12 aromatic carbocycles. The van der Waals surface area contributed by atoms with Crippen molar-refractivity contribution in [1.82, 2.24) is 48.6 Å². The Labute approximate surface area is 688 Å². The van der Waals surface area contributed by atoms with Crippen molar-refractivity contribution in [3.8, 4) is 91.1 Å². The van der Waals surface area contributed by atoms with Gasteiger partial charge in [0.05, 0.1) is 56.0 Å². The molecule has 0 bridgehead atoms. The average molecular weight is 1540 g/mol. The first kappa shape index (κ1) is 69.8. The minimum absolute atomic E-state index is 0. The topological polar surface area (TPSA) is 159 Å². The van der Waals surface area contributed by atoms with Gasteiger partial charge in [0, 0.05) is 40.0 Å². The van der Waals surface area contributed by atoms with E-state index in [-0.39, 0.29) is 146 Å². The third-order valence-electron chi connectivity index (χ3n) is 16.3. The molecule has 5 heterocycles. The van der Waals surface area contributed by atoms with E-state index in [9.17, 15) is 8.78 Å². The fourth-order valence-electron chi connectivity index (χ4n) is 11.9. The number of aromatic nitrogens is 10. The van der Waals surface area contributed by atoms with Gasteiger partial charge in [0.25, 0.3) is 6.47 Å². The molecule has 18 heteroatoms. The zero-order valence-electron chi connectivity index (χ0n) is 54.8. The SMILES string of the molecule is Fc1ccccc1-c1nnc(-c2ccccc2F)n1-c1ccccc1.O=CO[O-].[Cs+].[Cs+].[H-].c1ccc(-c2nc3ccccc3n2-c2ccccc2-c2nnc(-c3ccccc3-n3c(-c4ccccc4)nc4ccccc43)n2-c2ccccc2)cc1.c1ccc(C2=Nc3ccccc3C2)cc1. The van der Waals surface area contributed by atoms with E-state index >= 15 is 0 Å². The van der Waals surface area contributed by atoms with Gasteiger partial charge in [-0.25, -0.2) is 18.7 Å². The van der Waals surface area contributed by atoms with Gasteiger partial charge in [-0.05, 0) is 114 Å². The van der Waals surface area contributed by atoms with Crippen molar-refractivity contribution in [2.75, 3.05) is 0 Å². The molecule has 0 fully saturated rings. The van der Waals surface area contributed by atoms with Crippen molar-refractivity contribution in [2.45, 2.75) is 6.42 Å². The predicted molar refractivity (Wildman–Crippen MR) is 376 cm³/mol.